The smallest absolute Gasteiger partial charge is 0.328 e. The second-order valence-electron chi connectivity index (χ2n) is 5.51. The molecule has 0 amide bonds. The molecule has 126 valence electrons. The Morgan fingerprint density at radius 2 is 1.42 bits per heavy atom. The quantitative estimate of drug-likeness (QED) is 0.518. The van der Waals surface area contributed by atoms with Gasteiger partial charge in [-0.25, -0.2) is 4.79 Å². The number of ether oxygens (including phenoxy) is 1. The van der Waals surface area contributed by atoms with E-state index in [1.807, 2.05) is 30.3 Å². The van der Waals surface area contributed by atoms with Crippen molar-refractivity contribution in [3.05, 3.63) is 65.7 Å². The van der Waals surface area contributed by atoms with Crippen molar-refractivity contribution in [3.8, 4) is 5.75 Å². The zero-order valence-electron chi connectivity index (χ0n) is 13.1. The summed E-state index contributed by atoms with van der Waals surface area (Å²) in [5.74, 6) is -1.22. The number of rotatable bonds is 7. The van der Waals surface area contributed by atoms with Gasteiger partial charge >= 0.3 is 11.9 Å². The lowest BCUT2D eigenvalue weighted by Crippen LogP contribution is -2.36. The van der Waals surface area contributed by atoms with E-state index in [2.05, 4.69) is 0 Å². The van der Waals surface area contributed by atoms with Crippen molar-refractivity contribution >= 4 is 11.9 Å². The molecule has 0 aliphatic heterocycles. The molecule has 0 radical (unpaired) electrons. The Kier molecular flexibility index (Phi) is 6.06. The molecule has 0 spiro atoms. The molecule has 2 atom stereocenters. The molecule has 0 aromatic heterocycles. The molecule has 6 heteroatoms. The van der Waals surface area contributed by atoms with Crippen molar-refractivity contribution in [3.63, 3.8) is 0 Å². The highest BCUT2D eigenvalue weighted by atomic mass is 16.5. The predicted molar refractivity (Wildman–Crippen MR) is 89.5 cm³/mol. The maximum absolute atomic E-state index is 12.0. The highest BCUT2D eigenvalue weighted by Crippen LogP contribution is 2.14. The molecule has 5 N–H and O–H groups in total. The van der Waals surface area contributed by atoms with Crippen LogP contribution in [0.25, 0.3) is 0 Å². The van der Waals surface area contributed by atoms with Crippen LogP contribution in [0, 0.1) is 0 Å². The first kappa shape index (κ1) is 17.7. The molecule has 0 heterocycles. The van der Waals surface area contributed by atoms with Crippen LogP contribution in [0.2, 0.25) is 0 Å². The lowest BCUT2D eigenvalue weighted by atomic mass is 10.1. The summed E-state index contributed by atoms with van der Waals surface area (Å²) in [5, 5.41) is 8.79. The monoisotopic (exact) mass is 328 g/mol. The maximum Gasteiger partial charge on any atom is 0.328 e. The fourth-order valence-electron chi connectivity index (χ4n) is 2.18. The van der Waals surface area contributed by atoms with E-state index >= 15 is 0 Å². The van der Waals surface area contributed by atoms with Crippen LogP contribution < -0.4 is 16.2 Å². The Morgan fingerprint density at radius 1 is 0.875 bits per heavy atom. The van der Waals surface area contributed by atoms with Gasteiger partial charge in [-0.3, -0.25) is 4.79 Å². The summed E-state index contributed by atoms with van der Waals surface area (Å²) in [5.41, 5.74) is 13.1. The number of carboxylic acid groups (broad SMARTS) is 1. The maximum atomic E-state index is 12.0. The number of hydrogen-bond acceptors (Lipinski definition) is 5. The van der Waals surface area contributed by atoms with E-state index in [1.165, 1.54) is 0 Å². The summed E-state index contributed by atoms with van der Waals surface area (Å²) in [6.07, 6.45) is 0.600. The van der Waals surface area contributed by atoms with Crippen LogP contribution in [0.4, 0.5) is 0 Å². The van der Waals surface area contributed by atoms with Crippen LogP contribution in [0.3, 0.4) is 0 Å². The van der Waals surface area contributed by atoms with E-state index in [9.17, 15) is 9.59 Å². The molecule has 2 aromatic rings. The molecule has 0 bridgehead atoms. The summed E-state index contributed by atoms with van der Waals surface area (Å²) in [6, 6.07) is 14.3. The van der Waals surface area contributed by atoms with Crippen molar-refractivity contribution in [2.24, 2.45) is 11.5 Å². The van der Waals surface area contributed by atoms with Crippen molar-refractivity contribution in [2.75, 3.05) is 0 Å². The second-order valence-corrected chi connectivity index (χ2v) is 5.51. The minimum Gasteiger partial charge on any atom is -0.480 e. The molecule has 0 aliphatic carbocycles. The highest BCUT2D eigenvalue weighted by Gasteiger charge is 2.17. The number of carbonyl (C=O) groups excluding carboxylic acids is 1. The number of hydrogen-bond donors (Lipinski definition) is 3. The summed E-state index contributed by atoms with van der Waals surface area (Å²) in [6.45, 7) is 0. The summed E-state index contributed by atoms with van der Waals surface area (Å²) in [7, 11) is 0. The minimum absolute atomic E-state index is 0.205. The van der Waals surface area contributed by atoms with Crippen LogP contribution in [-0.4, -0.2) is 29.1 Å². The van der Waals surface area contributed by atoms with Crippen LogP contribution >= 0.6 is 0 Å². The van der Waals surface area contributed by atoms with E-state index < -0.39 is 24.0 Å². The SMILES string of the molecule is N[C@@H](Cc1ccc(OC(=O)[C@@H](N)Cc2ccccc2)cc1)C(=O)O. The number of aliphatic carboxylic acids is 1. The van der Waals surface area contributed by atoms with Gasteiger partial charge < -0.3 is 21.3 Å². The minimum atomic E-state index is -1.06. The largest absolute Gasteiger partial charge is 0.480 e. The second kappa shape index (κ2) is 8.24. The molecule has 0 fully saturated rings. The average Bonchev–Trinajstić information content (AvgIpc) is 2.57. The third kappa shape index (κ3) is 5.19. The van der Waals surface area contributed by atoms with Crippen molar-refractivity contribution in [1.82, 2.24) is 0 Å². The fraction of sp³-hybridized carbons (Fsp3) is 0.222. The van der Waals surface area contributed by atoms with Crippen LogP contribution in [-0.2, 0) is 22.4 Å². The molecule has 0 unspecified atom stereocenters. The zero-order chi connectivity index (χ0) is 17.5. The molecule has 0 saturated heterocycles. The fourth-order valence-corrected chi connectivity index (χ4v) is 2.18. The average molecular weight is 328 g/mol. The van der Waals surface area contributed by atoms with Gasteiger partial charge in [-0.2, -0.15) is 0 Å². The van der Waals surface area contributed by atoms with Gasteiger partial charge in [0.25, 0.3) is 0 Å². The van der Waals surface area contributed by atoms with Crippen LogP contribution in [0.15, 0.2) is 54.6 Å². The number of carbonyl (C=O) groups is 2. The molecular weight excluding hydrogens is 308 g/mol. The first-order chi connectivity index (χ1) is 11.5. The van der Waals surface area contributed by atoms with Crippen molar-refractivity contribution in [1.29, 1.82) is 0 Å². The Balaban J connectivity index is 1.90. The number of nitrogens with two attached hydrogens (primary N) is 2. The van der Waals surface area contributed by atoms with Crippen molar-refractivity contribution < 1.29 is 19.4 Å². The van der Waals surface area contributed by atoms with E-state index in [4.69, 9.17) is 21.3 Å². The van der Waals surface area contributed by atoms with Gasteiger partial charge in [-0.1, -0.05) is 42.5 Å². The molecular formula is C18H20N2O4. The zero-order valence-corrected chi connectivity index (χ0v) is 13.1. The summed E-state index contributed by atoms with van der Waals surface area (Å²) in [4.78, 5) is 22.8. The molecule has 0 saturated carbocycles. The lowest BCUT2D eigenvalue weighted by Gasteiger charge is -2.12. The van der Waals surface area contributed by atoms with Gasteiger partial charge in [0.1, 0.15) is 17.8 Å². The Labute approximate surface area is 140 Å². The Morgan fingerprint density at radius 3 is 2.00 bits per heavy atom. The first-order valence-electron chi connectivity index (χ1n) is 7.54. The third-order valence-electron chi connectivity index (χ3n) is 3.52. The first-order valence-corrected chi connectivity index (χ1v) is 7.54. The molecule has 2 aromatic carbocycles. The van der Waals surface area contributed by atoms with Gasteiger partial charge in [0.2, 0.25) is 0 Å². The predicted octanol–water partition coefficient (Wildman–Crippen LogP) is 1.12. The number of esters is 1. The van der Waals surface area contributed by atoms with Gasteiger partial charge in [0.05, 0.1) is 0 Å². The van der Waals surface area contributed by atoms with E-state index in [1.54, 1.807) is 24.3 Å². The molecule has 0 aliphatic rings. The number of benzene rings is 2. The van der Waals surface area contributed by atoms with Crippen LogP contribution in [0.5, 0.6) is 5.75 Å². The van der Waals surface area contributed by atoms with E-state index in [0.29, 0.717) is 12.2 Å². The van der Waals surface area contributed by atoms with Gasteiger partial charge in [0.15, 0.2) is 0 Å². The number of carboxylic acids is 1. The van der Waals surface area contributed by atoms with Crippen LogP contribution in [0.1, 0.15) is 11.1 Å². The molecule has 2 rings (SSSR count). The van der Waals surface area contributed by atoms with Gasteiger partial charge in [-0.15, -0.1) is 0 Å². The lowest BCUT2D eigenvalue weighted by molar-refractivity contribution is -0.138. The topological polar surface area (TPSA) is 116 Å². The van der Waals surface area contributed by atoms with E-state index in [-0.39, 0.29) is 6.42 Å². The third-order valence-corrected chi connectivity index (χ3v) is 3.52. The van der Waals surface area contributed by atoms with Crippen molar-refractivity contribution in [2.45, 2.75) is 24.9 Å². The van der Waals surface area contributed by atoms with E-state index in [0.717, 1.165) is 11.1 Å². The standard InChI is InChI=1S/C18H20N2O4/c19-15(17(21)22)10-13-6-8-14(9-7-13)24-18(23)16(20)11-12-4-2-1-3-5-12/h1-9,15-16H,10-11,19-20H2,(H,21,22)/t15-,16-/m0/s1. The van der Waals surface area contributed by atoms with Gasteiger partial charge in [0, 0.05) is 0 Å². The normalized spacial score (nSPS) is 13.1. The summed E-state index contributed by atoms with van der Waals surface area (Å²) < 4.78 is 5.24. The Hall–Kier alpha value is -2.70. The van der Waals surface area contributed by atoms with Gasteiger partial charge in [-0.05, 0) is 36.1 Å². The Bertz CT molecular complexity index is 686. The molecule has 24 heavy (non-hydrogen) atoms. The summed E-state index contributed by atoms with van der Waals surface area (Å²) >= 11 is 0. The highest BCUT2D eigenvalue weighted by molar-refractivity contribution is 5.78. The molecule has 6 nitrogen and oxygen atoms in total.